The Morgan fingerprint density at radius 2 is 1.66 bits per heavy atom. The molecular weight excluding hydrogens is 360 g/mol. The summed E-state index contributed by atoms with van der Waals surface area (Å²) in [5.41, 5.74) is 4.91. The molecule has 142 valence electrons. The fourth-order valence-electron chi connectivity index (χ4n) is 3.80. The van der Waals surface area contributed by atoms with Gasteiger partial charge in [-0.2, -0.15) is 5.10 Å². The summed E-state index contributed by atoms with van der Waals surface area (Å²) in [5, 5.41) is 7.77. The van der Waals surface area contributed by atoms with Crippen molar-refractivity contribution in [2.75, 3.05) is 5.01 Å². The van der Waals surface area contributed by atoms with Crippen LogP contribution in [0.4, 0.5) is 5.69 Å². The second-order valence-corrected chi connectivity index (χ2v) is 7.34. The summed E-state index contributed by atoms with van der Waals surface area (Å²) < 4.78 is 5.55. The quantitative estimate of drug-likeness (QED) is 0.444. The van der Waals surface area contributed by atoms with Crippen molar-refractivity contribution in [3.63, 3.8) is 0 Å². The first-order valence-corrected chi connectivity index (χ1v) is 9.71. The lowest BCUT2D eigenvalue weighted by Crippen LogP contribution is -2.18. The van der Waals surface area contributed by atoms with Crippen molar-refractivity contribution in [2.24, 2.45) is 5.10 Å². The van der Waals surface area contributed by atoms with E-state index in [9.17, 15) is 4.79 Å². The summed E-state index contributed by atoms with van der Waals surface area (Å²) in [6.45, 7) is 2.08. The third-order valence-corrected chi connectivity index (χ3v) is 5.35. The van der Waals surface area contributed by atoms with Crippen LogP contribution in [0.3, 0.4) is 0 Å². The monoisotopic (exact) mass is 380 g/mol. The van der Waals surface area contributed by atoms with E-state index in [0.717, 1.165) is 16.8 Å². The van der Waals surface area contributed by atoms with Gasteiger partial charge in [0.1, 0.15) is 5.58 Å². The molecule has 0 fully saturated rings. The van der Waals surface area contributed by atoms with E-state index >= 15 is 0 Å². The molecule has 2 heterocycles. The molecule has 29 heavy (non-hydrogen) atoms. The van der Waals surface area contributed by atoms with E-state index in [4.69, 9.17) is 9.52 Å². The Hall–Kier alpha value is -3.66. The van der Waals surface area contributed by atoms with Crippen molar-refractivity contribution >= 4 is 22.4 Å². The second-order valence-electron chi connectivity index (χ2n) is 7.34. The zero-order chi connectivity index (χ0) is 19.8. The lowest BCUT2D eigenvalue weighted by Gasteiger charge is -2.24. The molecule has 0 amide bonds. The van der Waals surface area contributed by atoms with Gasteiger partial charge in [-0.3, -0.25) is 5.01 Å². The lowest BCUT2D eigenvalue weighted by atomic mass is 9.97. The topological polar surface area (TPSA) is 45.8 Å². The van der Waals surface area contributed by atoms with Gasteiger partial charge in [-0.15, -0.1) is 0 Å². The van der Waals surface area contributed by atoms with Crippen LogP contribution in [0.1, 0.15) is 29.2 Å². The maximum Gasteiger partial charge on any atom is 0.345 e. The Labute approximate surface area is 168 Å². The highest BCUT2D eigenvalue weighted by Gasteiger charge is 2.31. The van der Waals surface area contributed by atoms with Crippen molar-refractivity contribution < 1.29 is 4.42 Å². The molecule has 4 nitrogen and oxygen atoms in total. The first-order chi connectivity index (χ1) is 14.2. The zero-order valence-electron chi connectivity index (χ0n) is 16.1. The average molecular weight is 380 g/mol. The fourth-order valence-corrected chi connectivity index (χ4v) is 3.80. The molecular formula is C25H20N2O2. The zero-order valence-corrected chi connectivity index (χ0v) is 16.1. The molecule has 1 atom stereocenters. The minimum Gasteiger partial charge on any atom is -0.422 e. The van der Waals surface area contributed by atoms with Gasteiger partial charge in [-0.1, -0.05) is 66.2 Å². The van der Waals surface area contributed by atoms with Crippen LogP contribution in [0.2, 0.25) is 0 Å². The molecule has 0 radical (unpaired) electrons. The van der Waals surface area contributed by atoms with Gasteiger partial charge in [0.25, 0.3) is 0 Å². The van der Waals surface area contributed by atoms with E-state index in [1.54, 1.807) is 0 Å². The largest absolute Gasteiger partial charge is 0.422 e. The van der Waals surface area contributed by atoms with Gasteiger partial charge in [-0.25, -0.2) is 4.79 Å². The van der Waals surface area contributed by atoms with Crippen LogP contribution in [0.5, 0.6) is 0 Å². The summed E-state index contributed by atoms with van der Waals surface area (Å²) in [4.78, 5) is 12.7. The third-order valence-electron chi connectivity index (χ3n) is 5.35. The second kappa shape index (κ2) is 7.06. The number of benzene rings is 3. The average Bonchev–Trinajstić information content (AvgIpc) is 3.19. The van der Waals surface area contributed by atoms with E-state index in [2.05, 4.69) is 31.2 Å². The first-order valence-electron chi connectivity index (χ1n) is 9.71. The van der Waals surface area contributed by atoms with Gasteiger partial charge >= 0.3 is 5.63 Å². The Balaban J connectivity index is 1.61. The summed E-state index contributed by atoms with van der Waals surface area (Å²) in [5.74, 6) is 0. The molecule has 3 aromatic carbocycles. The van der Waals surface area contributed by atoms with Gasteiger partial charge in [-0.05, 0) is 36.8 Å². The SMILES string of the molecule is Cc1ccc([C@@H]2CC(c3cc4ccccc4oc3=O)=NN2c2ccccc2)cc1. The van der Waals surface area contributed by atoms with Gasteiger partial charge in [0, 0.05) is 11.8 Å². The molecule has 0 N–H and O–H groups in total. The highest BCUT2D eigenvalue weighted by Crippen LogP contribution is 2.36. The van der Waals surface area contributed by atoms with Crippen molar-refractivity contribution in [2.45, 2.75) is 19.4 Å². The van der Waals surface area contributed by atoms with E-state index in [0.29, 0.717) is 17.6 Å². The van der Waals surface area contributed by atoms with Crippen molar-refractivity contribution in [1.82, 2.24) is 0 Å². The number of hydrazone groups is 1. The Morgan fingerprint density at radius 1 is 0.931 bits per heavy atom. The molecule has 1 aliphatic heterocycles. The van der Waals surface area contributed by atoms with Gasteiger partial charge in [0.05, 0.1) is 23.0 Å². The standard InChI is InChI=1S/C25H20N2O2/c1-17-11-13-18(14-12-17)23-16-22(26-27(23)20-8-3-2-4-9-20)21-15-19-7-5-6-10-24(19)29-25(21)28/h2-15,23H,16H2,1H3/t23-/m0/s1. The molecule has 0 saturated carbocycles. The lowest BCUT2D eigenvalue weighted by molar-refractivity contribution is 0.559. The van der Waals surface area contributed by atoms with E-state index in [1.165, 1.54) is 11.1 Å². The maximum absolute atomic E-state index is 12.7. The van der Waals surface area contributed by atoms with Gasteiger partial charge in [0.15, 0.2) is 0 Å². The molecule has 0 unspecified atom stereocenters. The molecule has 0 spiro atoms. The maximum atomic E-state index is 12.7. The number of nitrogens with zero attached hydrogens (tertiary/aromatic N) is 2. The smallest absolute Gasteiger partial charge is 0.345 e. The van der Waals surface area contributed by atoms with Crippen molar-refractivity contribution in [3.8, 4) is 0 Å². The number of para-hydroxylation sites is 2. The van der Waals surface area contributed by atoms with Crippen LogP contribution in [0.15, 0.2) is 99.2 Å². The fraction of sp³-hybridized carbons (Fsp3) is 0.120. The van der Waals surface area contributed by atoms with Crippen LogP contribution < -0.4 is 10.6 Å². The molecule has 0 saturated heterocycles. The molecule has 0 aliphatic carbocycles. The number of anilines is 1. The number of hydrogen-bond donors (Lipinski definition) is 0. The van der Waals surface area contributed by atoms with E-state index in [1.807, 2.05) is 65.7 Å². The number of rotatable bonds is 3. The Kier molecular flexibility index (Phi) is 4.24. The van der Waals surface area contributed by atoms with Crippen LogP contribution in [0.25, 0.3) is 11.0 Å². The Bertz CT molecular complexity index is 1260. The minimum atomic E-state index is -0.347. The molecule has 1 aliphatic rings. The summed E-state index contributed by atoms with van der Waals surface area (Å²) in [7, 11) is 0. The number of fused-ring (bicyclic) bond motifs is 1. The van der Waals surface area contributed by atoms with Gasteiger partial charge < -0.3 is 4.42 Å². The normalized spacial score (nSPS) is 16.2. The predicted molar refractivity (Wildman–Crippen MR) is 116 cm³/mol. The van der Waals surface area contributed by atoms with E-state index in [-0.39, 0.29) is 11.7 Å². The van der Waals surface area contributed by atoms with Crippen molar-refractivity contribution in [1.29, 1.82) is 0 Å². The molecule has 1 aromatic heterocycles. The minimum absolute atomic E-state index is 0.0267. The third kappa shape index (κ3) is 3.23. The predicted octanol–water partition coefficient (Wildman–Crippen LogP) is 5.46. The van der Waals surface area contributed by atoms with Crippen LogP contribution in [-0.4, -0.2) is 5.71 Å². The van der Waals surface area contributed by atoms with Crippen LogP contribution in [0, 0.1) is 6.92 Å². The summed E-state index contributed by atoms with van der Waals surface area (Å²) >= 11 is 0. The number of aryl methyl sites for hydroxylation is 1. The van der Waals surface area contributed by atoms with Crippen molar-refractivity contribution in [3.05, 3.63) is 112 Å². The Morgan fingerprint density at radius 3 is 2.45 bits per heavy atom. The highest BCUT2D eigenvalue weighted by atomic mass is 16.4. The van der Waals surface area contributed by atoms with Crippen LogP contribution in [-0.2, 0) is 0 Å². The van der Waals surface area contributed by atoms with E-state index < -0.39 is 0 Å². The highest BCUT2D eigenvalue weighted by molar-refractivity contribution is 6.04. The molecule has 4 aromatic rings. The molecule has 0 bridgehead atoms. The number of hydrogen-bond acceptors (Lipinski definition) is 4. The first kappa shape index (κ1) is 17.4. The van der Waals surface area contributed by atoms with Crippen LogP contribution >= 0.6 is 0 Å². The summed E-state index contributed by atoms with van der Waals surface area (Å²) in [6, 6.07) is 28.0. The summed E-state index contributed by atoms with van der Waals surface area (Å²) in [6.07, 6.45) is 0.640. The molecule has 4 heteroatoms. The van der Waals surface area contributed by atoms with Gasteiger partial charge in [0.2, 0.25) is 0 Å². The molecule has 5 rings (SSSR count).